The molecule has 0 aliphatic rings. The zero-order valence-corrected chi connectivity index (χ0v) is 6.44. The molecule has 4 nitrogen and oxygen atoms in total. The number of rotatable bonds is 3. The largest absolute Gasteiger partial charge is 0.545 e. The van der Waals surface area contributed by atoms with Gasteiger partial charge in [-0.05, 0) is 12.1 Å². The highest BCUT2D eigenvalue weighted by Crippen LogP contribution is 2.16. The molecule has 0 heterocycles. The third-order valence-corrected chi connectivity index (χ3v) is 1.28. The highest BCUT2D eigenvalue weighted by atomic mass is 17.2. The summed E-state index contributed by atoms with van der Waals surface area (Å²) in [6.07, 6.45) is 0. The second-order valence-electron chi connectivity index (χ2n) is 2.03. The van der Waals surface area contributed by atoms with Crippen LogP contribution < -0.4 is 9.99 Å². The third kappa shape index (κ3) is 1.73. The van der Waals surface area contributed by atoms with Crippen molar-refractivity contribution in [2.24, 2.45) is 0 Å². The molecule has 0 aliphatic carbocycles. The Morgan fingerprint density at radius 3 is 2.67 bits per heavy atom. The van der Waals surface area contributed by atoms with E-state index in [4.69, 9.17) is 0 Å². The average Bonchev–Trinajstić information content (AvgIpc) is 2.05. The van der Waals surface area contributed by atoms with Crippen LogP contribution in [-0.4, -0.2) is 13.1 Å². The topological polar surface area (TPSA) is 58.6 Å². The van der Waals surface area contributed by atoms with Crippen LogP contribution in [-0.2, 0) is 4.89 Å². The van der Waals surface area contributed by atoms with Crippen molar-refractivity contribution in [3.8, 4) is 5.75 Å². The van der Waals surface area contributed by atoms with Gasteiger partial charge in [-0.1, -0.05) is 12.1 Å². The molecule has 0 atom stereocenters. The SMILES string of the molecule is COOc1ccccc1C(=O)[O-]. The fourth-order valence-corrected chi connectivity index (χ4v) is 0.798. The van der Waals surface area contributed by atoms with Crippen molar-refractivity contribution in [2.75, 3.05) is 7.11 Å². The van der Waals surface area contributed by atoms with Crippen LogP contribution in [0.3, 0.4) is 0 Å². The zero-order chi connectivity index (χ0) is 8.97. The molecule has 12 heavy (non-hydrogen) atoms. The number of carbonyl (C=O) groups is 1. The van der Waals surface area contributed by atoms with Gasteiger partial charge in [0.1, 0.15) is 0 Å². The number of para-hydroxylation sites is 1. The smallest absolute Gasteiger partial charge is 0.174 e. The minimum atomic E-state index is -1.29. The van der Waals surface area contributed by atoms with Crippen LogP contribution in [0.25, 0.3) is 0 Å². The first kappa shape index (κ1) is 8.55. The van der Waals surface area contributed by atoms with Gasteiger partial charge in [0.25, 0.3) is 0 Å². The molecule has 1 rings (SSSR count). The standard InChI is InChI=1S/C8H8O4/c1-11-12-7-5-3-2-4-6(7)8(9)10/h2-5H,1H3,(H,9,10)/p-1. The lowest BCUT2D eigenvalue weighted by molar-refractivity contribution is -0.256. The summed E-state index contributed by atoms with van der Waals surface area (Å²) in [7, 11) is 1.30. The summed E-state index contributed by atoms with van der Waals surface area (Å²) in [5.74, 6) is -1.15. The van der Waals surface area contributed by atoms with Gasteiger partial charge in [0.15, 0.2) is 5.75 Å². The zero-order valence-electron chi connectivity index (χ0n) is 6.44. The van der Waals surface area contributed by atoms with Crippen molar-refractivity contribution in [3.63, 3.8) is 0 Å². The lowest BCUT2D eigenvalue weighted by atomic mass is 10.2. The Hall–Kier alpha value is -1.55. The maximum Gasteiger partial charge on any atom is 0.174 e. The van der Waals surface area contributed by atoms with Gasteiger partial charge in [-0.15, -0.1) is 0 Å². The van der Waals surface area contributed by atoms with Crippen LogP contribution in [0.4, 0.5) is 0 Å². The lowest BCUT2D eigenvalue weighted by Crippen LogP contribution is -2.22. The number of aromatic carboxylic acids is 1. The summed E-state index contributed by atoms with van der Waals surface area (Å²) >= 11 is 0. The van der Waals surface area contributed by atoms with Gasteiger partial charge in [0.2, 0.25) is 0 Å². The number of carboxylic acids is 1. The van der Waals surface area contributed by atoms with E-state index in [1.165, 1.54) is 19.2 Å². The minimum Gasteiger partial charge on any atom is -0.545 e. The van der Waals surface area contributed by atoms with Gasteiger partial charge >= 0.3 is 0 Å². The van der Waals surface area contributed by atoms with Gasteiger partial charge in [-0.3, -0.25) is 0 Å². The Kier molecular flexibility index (Phi) is 2.66. The first-order valence-electron chi connectivity index (χ1n) is 3.26. The molecule has 4 heteroatoms. The fraction of sp³-hybridized carbons (Fsp3) is 0.125. The molecule has 64 valence electrons. The van der Waals surface area contributed by atoms with E-state index in [1.807, 2.05) is 0 Å². The summed E-state index contributed by atoms with van der Waals surface area (Å²) in [5.41, 5.74) is -0.0284. The van der Waals surface area contributed by atoms with Gasteiger partial charge in [0.05, 0.1) is 13.1 Å². The molecule has 0 fully saturated rings. The Bertz CT molecular complexity index is 282. The van der Waals surface area contributed by atoms with Crippen LogP contribution in [0.15, 0.2) is 24.3 Å². The van der Waals surface area contributed by atoms with Gasteiger partial charge in [-0.25, -0.2) is 0 Å². The lowest BCUT2D eigenvalue weighted by Gasteiger charge is -2.07. The first-order chi connectivity index (χ1) is 5.75. The van der Waals surface area contributed by atoms with Crippen LogP contribution in [0.5, 0.6) is 5.75 Å². The van der Waals surface area contributed by atoms with Crippen LogP contribution in [0, 0.1) is 0 Å². The Balaban J connectivity index is 3.00. The molecule has 0 unspecified atom stereocenters. The number of carboxylic acid groups (broad SMARTS) is 1. The number of carbonyl (C=O) groups excluding carboxylic acids is 1. The first-order valence-corrected chi connectivity index (χ1v) is 3.26. The highest BCUT2D eigenvalue weighted by molar-refractivity contribution is 5.89. The second kappa shape index (κ2) is 3.73. The molecule has 0 saturated heterocycles. The van der Waals surface area contributed by atoms with Crippen LogP contribution in [0.1, 0.15) is 10.4 Å². The number of benzene rings is 1. The Morgan fingerprint density at radius 1 is 1.42 bits per heavy atom. The molecular weight excluding hydrogens is 160 g/mol. The third-order valence-electron chi connectivity index (χ3n) is 1.28. The van der Waals surface area contributed by atoms with E-state index < -0.39 is 5.97 Å². The van der Waals surface area contributed by atoms with Crippen molar-refractivity contribution in [3.05, 3.63) is 29.8 Å². The van der Waals surface area contributed by atoms with Crippen LogP contribution >= 0.6 is 0 Å². The molecule has 0 aromatic heterocycles. The van der Waals surface area contributed by atoms with E-state index in [2.05, 4.69) is 9.78 Å². The van der Waals surface area contributed by atoms with Crippen LogP contribution in [0.2, 0.25) is 0 Å². The van der Waals surface area contributed by atoms with E-state index in [9.17, 15) is 9.90 Å². The maximum absolute atomic E-state index is 10.4. The second-order valence-corrected chi connectivity index (χ2v) is 2.03. The average molecular weight is 167 g/mol. The van der Waals surface area contributed by atoms with E-state index >= 15 is 0 Å². The molecule has 0 saturated carbocycles. The number of hydrogen-bond donors (Lipinski definition) is 0. The molecule has 0 amide bonds. The summed E-state index contributed by atoms with van der Waals surface area (Å²) in [6, 6.07) is 6.08. The van der Waals surface area contributed by atoms with Crippen molar-refractivity contribution in [1.29, 1.82) is 0 Å². The Labute approximate surface area is 69.3 Å². The summed E-state index contributed by atoms with van der Waals surface area (Å²) < 4.78 is 0. The highest BCUT2D eigenvalue weighted by Gasteiger charge is 2.02. The maximum atomic E-state index is 10.4. The Morgan fingerprint density at radius 2 is 2.08 bits per heavy atom. The van der Waals surface area contributed by atoms with Gasteiger partial charge in [0, 0.05) is 5.56 Å². The van der Waals surface area contributed by atoms with E-state index in [-0.39, 0.29) is 11.3 Å². The van der Waals surface area contributed by atoms with E-state index in [0.29, 0.717) is 0 Å². The molecular formula is C8H7O4-. The van der Waals surface area contributed by atoms with Crippen molar-refractivity contribution in [1.82, 2.24) is 0 Å². The molecule has 1 aromatic rings. The predicted molar refractivity (Wildman–Crippen MR) is 38.4 cm³/mol. The molecule has 0 bridgehead atoms. The summed E-state index contributed by atoms with van der Waals surface area (Å²) in [6.45, 7) is 0. The molecule has 0 N–H and O–H groups in total. The normalized spacial score (nSPS) is 9.42. The fourth-order valence-electron chi connectivity index (χ4n) is 0.798. The van der Waals surface area contributed by atoms with Gasteiger partial charge < -0.3 is 14.8 Å². The summed E-state index contributed by atoms with van der Waals surface area (Å²) in [5, 5.41) is 10.4. The van der Waals surface area contributed by atoms with Crippen molar-refractivity contribution < 1.29 is 19.7 Å². The number of hydrogen-bond acceptors (Lipinski definition) is 4. The van der Waals surface area contributed by atoms with Gasteiger partial charge in [-0.2, -0.15) is 4.89 Å². The monoisotopic (exact) mass is 167 g/mol. The quantitative estimate of drug-likeness (QED) is 0.469. The summed E-state index contributed by atoms with van der Waals surface area (Å²) in [4.78, 5) is 19.4. The predicted octanol–water partition coefficient (Wildman–Crippen LogP) is -0.00970. The van der Waals surface area contributed by atoms with Crippen molar-refractivity contribution in [2.45, 2.75) is 0 Å². The van der Waals surface area contributed by atoms with E-state index in [0.717, 1.165) is 0 Å². The van der Waals surface area contributed by atoms with E-state index in [1.54, 1.807) is 12.1 Å². The minimum absolute atomic E-state index is 0.0284. The van der Waals surface area contributed by atoms with Crippen molar-refractivity contribution >= 4 is 5.97 Å². The molecule has 1 aromatic carbocycles. The molecule has 0 radical (unpaired) electrons. The molecule has 0 spiro atoms. The molecule has 0 aliphatic heterocycles.